The molecule has 1 fully saturated rings. The zero-order chi connectivity index (χ0) is 12.6. The van der Waals surface area contributed by atoms with Crippen molar-refractivity contribution in [2.75, 3.05) is 26.7 Å². The first kappa shape index (κ1) is 12.6. The topological polar surface area (TPSA) is 15.3 Å². The lowest BCUT2D eigenvalue weighted by Crippen LogP contribution is -2.56. The highest BCUT2D eigenvalue weighted by Gasteiger charge is 2.35. The number of piperazine rings is 1. The van der Waals surface area contributed by atoms with E-state index in [1.165, 1.54) is 22.3 Å². The van der Waals surface area contributed by atoms with Crippen LogP contribution in [0.3, 0.4) is 0 Å². The minimum absolute atomic E-state index is 0.125. The van der Waals surface area contributed by atoms with Crippen LogP contribution in [0.25, 0.3) is 0 Å². The van der Waals surface area contributed by atoms with Gasteiger partial charge in [0.05, 0.1) is 5.54 Å². The second kappa shape index (κ2) is 4.43. The molecule has 1 atom stereocenters. The van der Waals surface area contributed by atoms with Crippen LogP contribution in [-0.4, -0.2) is 31.6 Å². The Bertz CT molecular complexity index is 402. The monoisotopic (exact) mass is 232 g/mol. The molecule has 1 N–H and O–H groups in total. The Hall–Kier alpha value is -0.860. The zero-order valence-electron chi connectivity index (χ0n) is 11.7. The first-order chi connectivity index (χ1) is 7.95. The van der Waals surface area contributed by atoms with Gasteiger partial charge in [-0.2, -0.15) is 0 Å². The summed E-state index contributed by atoms with van der Waals surface area (Å²) in [6, 6.07) is 4.60. The van der Waals surface area contributed by atoms with E-state index in [0.717, 1.165) is 19.6 Å². The standard InChI is InChI=1S/C15H24N2/c1-11-8-12(2)14(13(3)9-11)15(4)10-16-6-7-17(15)5/h8-9,16H,6-7,10H2,1-5H3. The molecule has 17 heavy (non-hydrogen) atoms. The summed E-state index contributed by atoms with van der Waals surface area (Å²) in [5, 5.41) is 3.53. The van der Waals surface area contributed by atoms with Gasteiger partial charge in [-0.05, 0) is 51.4 Å². The molecule has 0 aliphatic carbocycles. The van der Waals surface area contributed by atoms with Crippen LogP contribution >= 0.6 is 0 Å². The summed E-state index contributed by atoms with van der Waals surface area (Å²) in [7, 11) is 2.24. The van der Waals surface area contributed by atoms with E-state index in [2.05, 4.69) is 57.1 Å². The van der Waals surface area contributed by atoms with Gasteiger partial charge >= 0.3 is 0 Å². The molecule has 2 rings (SSSR count). The van der Waals surface area contributed by atoms with E-state index in [0.29, 0.717) is 0 Å². The van der Waals surface area contributed by atoms with Crippen LogP contribution in [0.4, 0.5) is 0 Å². The second-order valence-electron chi connectivity index (χ2n) is 5.65. The Morgan fingerprint density at radius 3 is 2.29 bits per heavy atom. The summed E-state index contributed by atoms with van der Waals surface area (Å²) in [6.45, 7) is 12.2. The van der Waals surface area contributed by atoms with E-state index in [1.54, 1.807) is 0 Å². The van der Waals surface area contributed by atoms with Crippen LogP contribution in [0.15, 0.2) is 12.1 Å². The van der Waals surface area contributed by atoms with Crippen molar-refractivity contribution in [2.24, 2.45) is 0 Å². The van der Waals surface area contributed by atoms with Gasteiger partial charge in [-0.1, -0.05) is 17.7 Å². The lowest BCUT2D eigenvalue weighted by molar-refractivity contribution is 0.103. The molecule has 2 nitrogen and oxygen atoms in total. The molecule has 94 valence electrons. The van der Waals surface area contributed by atoms with E-state index in [4.69, 9.17) is 0 Å². The van der Waals surface area contributed by atoms with Crippen molar-refractivity contribution in [2.45, 2.75) is 33.2 Å². The molecular formula is C15H24N2. The molecule has 1 aromatic rings. The predicted molar refractivity (Wildman–Crippen MR) is 73.5 cm³/mol. The average Bonchev–Trinajstić information content (AvgIpc) is 2.21. The highest BCUT2D eigenvalue weighted by Crippen LogP contribution is 2.33. The van der Waals surface area contributed by atoms with Crippen LogP contribution in [-0.2, 0) is 5.54 Å². The van der Waals surface area contributed by atoms with Crippen molar-refractivity contribution >= 4 is 0 Å². The highest BCUT2D eigenvalue weighted by molar-refractivity contribution is 5.42. The van der Waals surface area contributed by atoms with E-state index in [9.17, 15) is 0 Å². The first-order valence-electron chi connectivity index (χ1n) is 6.45. The lowest BCUT2D eigenvalue weighted by Gasteiger charge is -2.45. The average molecular weight is 232 g/mol. The van der Waals surface area contributed by atoms with Crippen LogP contribution in [0.1, 0.15) is 29.2 Å². The van der Waals surface area contributed by atoms with Crippen molar-refractivity contribution in [3.63, 3.8) is 0 Å². The summed E-state index contributed by atoms with van der Waals surface area (Å²) in [6.07, 6.45) is 0. The third-order valence-corrected chi connectivity index (χ3v) is 4.15. The number of hydrogen-bond donors (Lipinski definition) is 1. The maximum Gasteiger partial charge on any atom is 0.0560 e. The van der Waals surface area contributed by atoms with Gasteiger partial charge in [0.2, 0.25) is 0 Å². The molecule has 2 heteroatoms. The molecule has 0 saturated carbocycles. The van der Waals surface area contributed by atoms with Gasteiger partial charge < -0.3 is 5.32 Å². The van der Waals surface area contributed by atoms with Gasteiger partial charge in [0, 0.05) is 19.6 Å². The largest absolute Gasteiger partial charge is 0.313 e. The number of nitrogens with one attached hydrogen (secondary N) is 1. The van der Waals surface area contributed by atoms with Crippen molar-refractivity contribution < 1.29 is 0 Å². The SMILES string of the molecule is Cc1cc(C)c(C2(C)CNCCN2C)c(C)c1. The fourth-order valence-electron chi connectivity index (χ4n) is 3.27. The van der Waals surface area contributed by atoms with Crippen LogP contribution in [0.2, 0.25) is 0 Å². The van der Waals surface area contributed by atoms with Crippen molar-refractivity contribution in [1.29, 1.82) is 0 Å². The lowest BCUT2D eigenvalue weighted by atomic mass is 9.82. The zero-order valence-corrected chi connectivity index (χ0v) is 11.7. The summed E-state index contributed by atoms with van der Waals surface area (Å²) in [5.41, 5.74) is 5.82. The minimum Gasteiger partial charge on any atom is -0.313 e. The molecule has 0 radical (unpaired) electrons. The maximum absolute atomic E-state index is 3.53. The quantitative estimate of drug-likeness (QED) is 0.799. The van der Waals surface area contributed by atoms with E-state index in [-0.39, 0.29) is 5.54 Å². The van der Waals surface area contributed by atoms with E-state index >= 15 is 0 Å². The van der Waals surface area contributed by atoms with E-state index < -0.39 is 0 Å². The molecule has 0 amide bonds. The number of aryl methyl sites for hydroxylation is 3. The van der Waals surface area contributed by atoms with E-state index in [1.807, 2.05) is 0 Å². The Morgan fingerprint density at radius 2 is 1.76 bits per heavy atom. The molecule has 1 heterocycles. The molecular weight excluding hydrogens is 208 g/mol. The third kappa shape index (κ3) is 2.12. The summed E-state index contributed by atoms with van der Waals surface area (Å²) >= 11 is 0. The normalized spacial score (nSPS) is 26.2. The predicted octanol–water partition coefficient (Wildman–Crippen LogP) is 2.36. The number of likely N-dealkylation sites (N-methyl/N-ethyl adjacent to an activating group) is 1. The van der Waals surface area contributed by atoms with Crippen molar-refractivity contribution in [3.8, 4) is 0 Å². The van der Waals surface area contributed by atoms with Gasteiger partial charge in [0.15, 0.2) is 0 Å². The Kier molecular flexibility index (Phi) is 3.28. The van der Waals surface area contributed by atoms with Crippen molar-refractivity contribution in [3.05, 3.63) is 34.4 Å². The number of hydrogen-bond acceptors (Lipinski definition) is 2. The number of rotatable bonds is 1. The maximum atomic E-state index is 3.53. The fourth-order valence-corrected chi connectivity index (χ4v) is 3.27. The molecule has 1 saturated heterocycles. The summed E-state index contributed by atoms with van der Waals surface area (Å²) in [5.74, 6) is 0. The van der Waals surface area contributed by atoms with Gasteiger partial charge in [0.25, 0.3) is 0 Å². The Labute approximate surface area is 105 Å². The van der Waals surface area contributed by atoms with Gasteiger partial charge in [-0.15, -0.1) is 0 Å². The van der Waals surface area contributed by atoms with Crippen LogP contribution < -0.4 is 5.32 Å². The fraction of sp³-hybridized carbons (Fsp3) is 0.600. The number of benzene rings is 1. The van der Waals surface area contributed by atoms with Crippen molar-refractivity contribution in [1.82, 2.24) is 10.2 Å². The second-order valence-corrected chi connectivity index (χ2v) is 5.65. The molecule has 0 bridgehead atoms. The molecule has 0 spiro atoms. The minimum atomic E-state index is 0.125. The highest BCUT2D eigenvalue weighted by atomic mass is 15.2. The molecule has 0 aromatic heterocycles. The van der Waals surface area contributed by atoms with Gasteiger partial charge in [0.1, 0.15) is 0 Å². The van der Waals surface area contributed by atoms with Gasteiger partial charge in [-0.25, -0.2) is 0 Å². The summed E-state index contributed by atoms with van der Waals surface area (Å²) < 4.78 is 0. The molecule has 1 unspecified atom stereocenters. The van der Waals surface area contributed by atoms with Gasteiger partial charge in [-0.3, -0.25) is 4.90 Å². The number of nitrogens with zero attached hydrogens (tertiary/aromatic N) is 1. The summed E-state index contributed by atoms with van der Waals surface area (Å²) in [4.78, 5) is 2.48. The first-order valence-corrected chi connectivity index (χ1v) is 6.45. The van der Waals surface area contributed by atoms with Crippen LogP contribution in [0, 0.1) is 20.8 Å². The molecule has 1 aliphatic heterocycles. The molecule has 1 aliphatic rings. The Balaban J connectivity index is 2.52. The molecule has 1 aromatic carbocycles. The van der Waals surface area contributed by atoms with Crippen LogP contribution in [0.5, 0.6) is 0 Å². The Morgan fingerprint density at radius 1 is 1.18 bits per heavy atom. The smallest absolute Gasteiger partial charge is 0.0560 e. The third-order valence-electron chi connectivity index (χ3n) is 4.15.